The molecule has 1 aliphatic carbocycles. The Bertz CT molecular complexity index is 1330. The standard InChI is InChI=1S/C30H33F3N6/c1-22-8-6-9-23(2)27(22)39-29(34-35-36-39)28(25-13-15-26(16-14-25)30(31,32)33)38-20-18-37(19-21-38)17-7-12-24-10-4-3-5-11-24/h3-13,15-16,25,28H,14,17-21H2,1-2H3/b12-7+/t25?,28-/m0/s1. The lowest BCUT2D eigenvalue weighted by Gasteiger charge is -2.41. The Labute approximate surface area is 227 Å². The van der Waals surface area contributed by atoms with Crippen molar-refractivity contribution in [2.45, 2.75) is 32.5 Å². The van der Waals surface area contributed by atoms with Gasteiger partial charge in [0.15, 0.2) is 5.82 Å². The van der Waals surface area contributed by atoms with Crippen LogP contribution < -0.4 is 0 Å². The Morgan fingerprint density at radius 2 is 1.69 bits per heavy atom. The van der Waals surface area contributed by atoms with Gasteiger partial charge in [0.2, 0.25) is 0 Å². The first-order valence-electron chi connectivity index (χ1n) is 13.3. The molecule has 9 heteroatoms. The molecule has 5 rings (SSSR count). The summed E-state index contributed by atoms with van der Waals surface area (Å²) in [6.07, 6.45) is 4.43. The lowest BCUT2D eigenvalue weighted by atomic mass is 9.88. The van der Waals surface area contributed by atoms with Gasteiger partial charge in [-0.25, -0.2) is 0 Å². The second-order valence-corrected chi connectivity index (χ2v) is 10.2. The van der Waals surface area contributed by atoms with Gasteiger partial charge in [0.25, 0.3) is 0 Å². The summed E-state index contributed by atoms with van der Waals surface area (Å²) in [6, 6.07) is 16.0. The van der Waals surface area contributed by atoms with Crippen LogP contribution >= 0.6 is 0 Å². The number of para-hydroxylation sites is 1. The summed E-state index contributed by atoms with van der Waals surface area (Å²) in [5, 5.41) is 12.8. The van der Waals surface area contributed by atoms with Crippen LogP contribution in [-0.2, 0) is 0 Å². The third-order valence-electron chi connectivity index (χ3n) is 7.55. The number of aryl methyl sites for hydroxylation is 2. The number of hydrogen-bond acceptors (Lipinski definition) is 5. The number of allylic oxidation sites excluding steroid dienone is 3. The number of hydrogen-bond donors (Lipinski definition) is 0. The van der Waals surface area contributed by atoms with Gasteiger partial charge in [0, 0.05) is 38.6 Å². The zero-order chi connectivity index (χ0) is 27.4. The molecular weight excluding hydrogens is 501 g/mol. The monoisotopic (exact) mass is 534 g/mol. The summed E-state index contributed by atoms with van der Waals surface area (Å²) in [7, 11) is 0. The van der Waals surface area contributed by atoms with E-state index in [0.29, 0.717) is 5.82 Å². The first-order chi connectivity index (χ1) is 18.8. The van der Waals surface area contributed by atoms with Crippen LogP contribution in [0.5, 0.6) is 0 Å². The molecule has 3 aromatic rings. The molecule has 2 atom stereocenters. The van der Waals surface area contributed by atoms with Gasteiger partial charge in [0.1, 0.15) is 0 Å². The third kappa shape index (κ3) is 6.20. The second kappa shape index (κ2) is 11.7. The normalized spacial score (nSPS) is 19.9. The fourth-order valence-corrected chi connectivity index (χ4v) is 5.51. The molecular formula is C30H33F3N6. The zero-order valence-corrected chi connectivity index (χ0v) is 22.2. The second-order valence-electron chi connectivity index (χ2n) is 10.2. The number of halogens is 3. The smallest absolute Gasteiger partial charge is 0.297 e. The molecule has 204 valence electrons. The topological polar surface area (TPSA) is 50.1 Å². The molecule has 1 saturated heterocycles. The fourth-order valence-electron chi connectivity index (χ4n) is 5.51. The van der Waals surface area contributed by atoms with Gasteiger partial charge in [-0.05, 0) is 47.4 Å². The molecule has 0 radical (unpaired) electrons. The van der Waals surface area contributed by atoms with Gasteiger partial charge < -0.3 is 0 Å². The molecule has 6 nitrogen and oxygen atoms in total. The van der Waals surface area contributed by atoms with Crippen LogP contribution in [0.3, 0.4) is 0 Å². The Balaban J connectivity index is 1.38. The summed E-state index contributed by atoms with van der Waals surface area (Å²) < 4.78 is 41.8. The Hall–Kier alpha value is -3.56. The molecule has 1 aromatic heterocycles. The number of tetrazole rings is 1. The molecule has 0 saturated carbocycles. The number of alkyl halides is 3. The molecule has 1 aliphatic heterocycles. The SMILES string of the molecule is Cc1cccc(C)c1-n1nnnc1[C@H](C1C=CC(C(F)(F)F)=CC1)N1CCN(C/C=C/c2ccccc2)CC1. The van der Waals surface area contributed by atoms with E-state index in [0.717, 1.165) is 49.5 Å². The van der Waals surface area contributed by atoms with E-state index < -0.39 is 11.7 Å². The molecule has 1 unspecified atom stereocenters. The highest BCUT2D eigenvalue weighted by Crippen LogP contribution is 2.38. The Kier molecular flexibility index (Phi) is 8.09. The van der Waals surface area contributed by atoms with E-state index >= 15 is 0 Å². The van der Waals surface area contributed by atoms with E-state index in [-0.39, 0.29) is 18.4 Å². The van der Waals surface area contributed by atoms with E-state index in [1.165, 1.54) is 17.7 Å². The minimum atomic E-state index is -4.35. The molecule has 0 bridgehead atoms. The zero-order valence-electron chi connectivity index (χ0n) is 22.2. The van der Waals surface area contributed by atoms with Crippen LogP contribution in [0, 0.1) is 19.8 Å². The van der Waals surface area contributed by atoms with Gasteiger partial charge in [-0.15, -0.1) is 5.10 Å². The third-order valence-corrected chi connectivity index (χ3v) is 7.55. The lowest BCUT2D eigenvalue weighted by molar-refractivity contribution is -0.0888. The number of rotatable bonds is 7. The van der Waals surface area contributed by atoms with Crippen LogP contribution in [0.4, 0.5) is 13.2 Å². The van der Waals surface area contributed by atoms with E-state index in [9.17, 15) is 13.2 Å². The van der Waals surface area contributed by atoms with Gasteiger partial charge >= 0.3 is 6.18 Å². The number of benzene rings is 2. The van der Waals surface area contributed by atoms with Crippen molar-refractivity contribution in [1.29, 1.82) is 0 Å². The summed E-state index contributed by atoms with van der Waals surface area (Å²) in [5.74, 6) is 0.470. The molecule has 2 aliphatic rings. The van der Waals surface area contributed by atoms with Crippen LogP contribution in [-0.4, -0.2) is 68.9 Å². The van der Waals surface area contributed by atoms with Crippen molar-refractivity contribution < 1.29 is 13.2 Å². The summed E-state index contributed by atoms with van der Waals surface area (Å²) in [6.45, 7) is 8.11. The minimum absolute atomic E-state index is 0.185. The first kappa shape index (κ1) is 27.0. The average molecular weight is 535 g/mol. The molecule has 1 fully saturated rings. The number of nitrogens with zero attached hydrogens (tertiary/aromatic N) is 6. The summed E-state index contributed by atoms with van der Waals surface area (Å²) >= 11 is 0. The average Bonchev–Trinajstić information content (AvgIpc) is 3.39. The highest BCUT2D eigenvalue weighted by Gasteiger charge is 2.38. The Morgan fingerprint density at radius 1 is 0.974 bits per heavy atom. The number of aromatic nitrogens is 4. The van der Waals surface area contributed by atoms with E-state index in [4.69, 9.17) is 0 Å². The van der Waals surface area contributed by atoms with Crippen molar-refractivity contribution >= 4 is 6.08 Å². The van der Waals surface area contributed by atoms with Gasteiger partial charge in [0.05, 0.1) is 17.3 Å². The summed E-state index contributed by atoms with van der Waals surface area (Å²) in [5.41, 5.74) is 3.57. The highest BCUT2D eigenvalue weighted by molar-refractivity contribution is 5.49. The number of piperazine rings is 1. The first-order valence-corrected chi connectivity index (χ1v) is 13.3. The molecule has 2 aromatic carbocycles. The molecule has 0 amide bonds. The van der Waals surface area contributed by atoms with Gasteiger partial charge in [-0.3, -0.25) is 9.80 Å². The van der Waals surface area contributed by atoms with Crippen molar-refractivity contribution in [2.24, 2.45) is 5.92 Å². The van der Waals surface area contributed by atoms with Crippen molar-refractivity contribution in [1.82, 2.24) is 30.0 Å². The molecule has 39 heavy (non-hydrogen) atoms. The van der Waals surface area contributed by atoms with Crippen molar-refractivity contribution in [3.8, 4) is 5.69 Å². The van der Waals surface area contributed by atoms with Crippen LogP contribution in [0.1, 0.15) is 35.0 Å². The largest absolute Gasteiger partial charge is 0.416 e. The van der Waals surface area contributed by atoms with Crippen molar-refractivity contribution in [2.75, 3.05) is 32.7 Å². The molecule has 0 N–H and O–H groups in total. The van der Waals surface area contributed by atoms with Gasteiger partial charge in [-0.2, -0.15) is 17.9 Å². The predicted molar refractivity (Wildman–Crippen MR) is 146 cm³/mol. The maximum absolute atomic E-state index is 13.3. The Morgan fingerprint density at radius 3 is 2.33 bits per heavy atom. The van der Waals surface area contributed by atoms with Crippen LogP contribution in [0.25, 0.3) is 11.8 Å². The molecule has 2 heterocycles. The lowest BCUT2D eigenvalue weighted by Crippen LogP contribution is -2.49. The van der Waals surface area contributed by atoms with Crippen molar-refractivity contribution in [3.05, 3.63) is 101 Å². The van der Waals surface area contributed by atoms with E-state index in [1.807, 2.05) is 50.2 Å². The van der Waals surface area contributed by atoms with Crippen LogP contribution in [0.2, 0.25) is 0 Å². The van der Waals surface area contributed by atoms with Crippen molar-refractivity contribution in [3.63, 3.8) is 0 Å². The van der Waals surface area contributed by atoms with Crippen LogP contribution in [0.15, 0.2) is 78.4 Å². The minimum Gasteiger partial charge on any atom is -0.297 e. The van der Waals surface area contributed by atoms with E-state index in [2.05, 4.69) is 49.6 Å². The van der Waals surface area contributed by atoms with Gasteiger partial charge in [-0.1, -0.05) is 78.9 Å². The highest BCUT2D eigenvalue weighted by atomic mass is 19.4. The molecule has 0 spiro atoms. The fraction of sp³-hybridized carbons (Fsp3) is 0.367. The maximum atomic E-state index is 13.3. The summed E-state index contributed by atoms with van der Waals surface area (Å²) in [4.78, 5) is 4.72. The quantitative estimate of drug-likeness (QED) is 0.388. The van der Waals surface area contributed by atoms with E-state index in [1.54, 1.807) is 10.8 Å². The maximum Gasteiger partial charge on any atom is 0.416 e. The predicted octanol–water partition coefficient (Wildman–Crippen LogP) is 5.72.